The highest BCUT2D eigenvalue weighted by atomic mass is 16.2. The fraction of sp³-hybridized carbons (Fsp3) is 0.143. The molecule has 10 heteroatoms. The number of hydrogen-bond acceptors (Lipinski definition) is 7. The molecule has 1 saturated heterocycles. The summed E-state index contributed by atoms with van der Waals surface area (Å²) in [6.45, 7) is 1.10. The molecule has 0 spiro atoms. The minimum Gasteiger partial charge on any atom is -0.355 e. The average molecular weight is 500 g/mol. The van der Waals surface area contributed by atoms with E-state index < -0.39 is 0 Å². The number of anilines is 2. The summed E-state index contributed by atoms with van der Waals surface area (Å²) >= 11 is 0. The van der Waals surface area contributed by atoms with Crippen LogP contribution in [0.2, 0.25) is 0 Å². The summed E-state index contributed by atoms with van der Waals surface area (Å²) in [4.78, 5) is 23.6. The molecule has 0 saturated carbocycles. The predicted octanol–water partition coefficient (Wildman–Crippen LogP) is 3.12. The third-order valence-corrected chi connectivity index (χ3v) is 6.55. The van der Waals surface area contributed by atoms with E-state index in [1.807, 2.05) is 42.5 Å². The van der Waals surface area contributed by atoms with Gasteiger partial charge in [-0.05, 0) is 30.3 Å². The number of terminal acetylenes is 1. The Labute approximate surface area is 218 Å². The van der Waals surface area contributed by atoms with E-state index in [1.54, 1.807) is 46.0 Å². The fourth-order valence-electron chi connectivity index (χ4n) is 4.53. The van der Waals surface area contributed by atoms with E-state index in [0.29, 0.717) is 30.2 Å². The lowest BCUT2D eigenvalue weighted by atomic mass is 9.98. The van der Waals surface area contributed by atoms with Crippen LogP contribution in [0.25, 0.3) is 27.8 Å². The molecule has 0 bridgehead atoms. The number of fused-ring (bicyclic) bond motifs is 1. The Morgan fingerprint density at radius 2 is 1.95 bits per heavy atom. The second-order valence-electron chi connectivity index (χ2n) is 9.06. The van der Waals surface area contributed by atoms with Crippen molar-refractivity contribution in [3.8, 4) is 40.7 Å². The molecule has 0 aliphatic carbocycles. The summed E-state index contributed by atoms with van der Waals surface area (Å²) in [6, 6.07) is 13.4. The van der Waals surface area contributed by atoms with Gasteiger partial charge in [0, 0.05) is 61.0 Å². The number of carbonyl (C=O) groups is 1. The van der Waals surface area contributed by atoms with E-state index in [1.165, 1.54) is 0 Å². The van der Waals surface area contributed by atoms with E-state index in [9.17, 15) is 10.1 Å². The Morgan fingerprint density at radius 3 is 2.66 bits per heavy atom. The summed E-state index contributed by atoms with van der Waals surface area (Å²) in [5.74, 6) is 3.42. The third kappa shape index (κ3) is 4.10. The minimum atomic E-state index is -0.173. The molecular weight excluding hydrogens is 478 g/mol. The Bertz CT molecular complexity index is 1760. The zero-order chi connectivity index (χ0) is 26.2. The van der Waals surface area contributed by atoms with Crippen LogP contribution in [0.1, 0.15) is 11.3 Å². The van der Waals surface area contributed by atoms with Gasteiger partial charge in [-0.2, -0.15) is 15.5 Å². The topological polar surface area (TPSA) is 117 Å². The van der Waals surface area contributed by atoms with Gasteiger partial charge in [-0.3, -0.25) is 9.48 Å². The third-order valence-electron chi connectivity index (χ3n) is 6.55. The van der Waals surface area contributed by atoms with Gasteiger partial charge in [-0.1, -0.05) is 12.0 Å². The maximum Gasteiger partial charge on any atom is 0.232 e. The normalized spacial score (nSPS) is 13.1. The highest BCUT2D eigenvalue weighted by Gasteiger charge is 2.33. The zero-order valence-corrected chi connectivity index (χ0v) is 20.4. The van der Waals surface area contributed by atoms with Crippen molar-refractivity contribution in [1.29, 1.82) is 5.26 Å². The van der Waals surface area contributed by atoms with Crippen LogP contribution in [0.3, 0.4) is 0 Å². The first-order valence-corrected chi connectivity index (χ1v) is 11.9. The molecule has 1 fully saturated rings. The molecule has 0 unspecified atom stereocenters. The lowest BCUT2D eigenvalue weighted by Gasteiger charge is -2.39. The van der Waals surface area contributed by atoms with Crippen molar-refractivity contribution in [2.45, 2.75) is 0 Å². The molecule has 6 heterocycles. The smallest absolute Gasteiger partial charge is 0.232 e. The van der Waals surface area contributed by atoms with Gasteiger partial charge >= 0.3 is 0 Å². The van der Waals surface area contributed by atoms with Crippen molar-refractivity contribution in [2.24, 2.45) is 13.0 Å². The second-order valence-corrected chi connectivity index (χ2v) is 9.06. The molecule has 1 N–H and O–H groups in total. The van der Waals surface area contributed by atoms with E-state index in [2.05, 4.69) is 37.5 Å². The van der Waals surface area contributed by atoms with Crippen molar-refractivity contribution < 1.29 is 4.79 Å². The molecule has 10 nitrogen and oxygen atoms in total. The number of nitriles is 1. The summed E-state index contributed by atoms with van der Waals surface area (Å²) in [5, 5.41) is 21.1. The molecule has 184 valence electrons. The number of rotatable bonds is 5. The summed E-state index contributed by atoms with van der Waals surface area (Å²) < 4.78 is 3.46. The number of nitrogens with one attached hydrogen (secondary N) is 1. The molecular formula is C28H21N9O. The maximum absolute atomic E-state index is 12.6. The first-order valence-electron chi connectivity index (χ1n) is 11.9. The number of nitrogens with zero attached hydrogens (tertiary/aromatic N) is 8. The summed E-state index contributed by atoms with van der Waals surface area (Å²) in [6.07, 6.45) is 14.4. The first-order chi connectivity index (χ1) is 18.5. The lowest BCUT2D eigenvalue weighted by Crippen LogP contribution is -2.52. The van der Waals surface area contributed by atoms with Gasteiger partial charge in [-0.15, -0.1) is 6.42 Å². The highest BCUT2D eigenvalue weighted by Crippen LogP contribution is 2.33. The van der Waals surface area contributed by atoms with E-state index in [4.69, 9.17) is 6.42 Å². The monoisotopic (exact) mass is 499 g/mol. The van der Waals surface area contributed by atoms with Crippen molar-refractivity contribution in [1.82, 2.24) is 29.4 Å². The van der Waals surface area contributed by atoms with Crippen LogP contribution in [0.4, 0.5) is 11.6 Å². The maximum atomic E-state index is 12.6. The van der Waals surface area contributed by atoms with Gasteiger partial charge in [-0.25, -0.2) is 14.5 Å². The van der Waals surface area contributed by atoms with Gasteiger partial charge in [0.15, 0.2) is 0 Å². The minimum absolute atomic E-state index is 0.0982. The van der Waals surface area contributed by atoms with Crippen molar-refractivity contribution in [3.05, 3.63) is 78.6 Å². The summed E-state index contributed by atoms with van der Waals surface area (Å²) in [7, 11) is 1.87. The standard InChI is InChI=1S/C28H21N9O/c1-3-23-5-4-6-25(33-23)34-28(38)22-15-36(16-22)26-8-7-18(11-30-26)24-9-19(21-13-31-35(2)14-21)17-37-27(24)20(10-29)12-32-37/h1,4-9,11-14,17,22H,15-16H2,2H3,(H,33,34,38). The van der Waals surface area contributed by atoms with Crippen LogP contribution in [0.15, 0.2) is 67.4 Å². The SMILES string of the molecule is C#Cc1cccc(NC(=O)C2CN(c3ccc(-c4cc(-c5cnn(C)c5)cn5ncc(C#N)c45)cn3)C2)n1. The fourth-order valence-corrected chi connectivity index (χ4v) is 4.53. The van der Waals surface area contributed by atoms with Crippen LogP contribution < -0.4 is 10.2 Å². The molecule has 1 aliphatic rings. The molecule has 38 heavy (non-hydrogen) atoms. The van der Waals surface area contributed by atoms with Gasteiger partial charge in [0.1, 0.15) is 23.4 Å². The van der Waals surface area contributed by atoms with Gasteiger partial charge < -0.3 is 10.2 Å². The Kier molecular flexibility index (Phi) is 5.55. The Morgan fingerprint density at radius 1 is 1.08 bits per heavy atom. The number of aryl methyl sites for hydroxylation is 1. The molecule has 1 aliphatic heterocycles. The van der Waals surface area contributed by atoms with Crippen LogP contribution in [-0.4, -0.2) is 48.4 Å². The zero-order valence-electron chi connectivity index (χ0n) is 20.4. The molecule has 0 radical (unpaired) electrons. The van der Waals surface area contributed by atoms with Crippen LogP contribution in [0.5, 0.6) is 0 Å². The van der Waals surface area contributed by atoms with Crippen LogP contribution in [0, 0.1) is 29.6 Å². The molecule has 5 aromatic rings. The Balaban J connectivity index is 1.21. The first kappa shape index (κ1) is 23.0. The molecule has 0 atom stereocenters. The molecule has 0 aromatic carbocycles. The second kappa shape index (κ2) is 9.19. The van der Waals surface area contributed by atoms with Gasteiger partial charge in [0.2, 0.25) is 5.91 Å². The van der Waals surface area contributed by atoms with E-state index in [0.717, 1.165) is 33.6 Å². The molecule has 6 rings (SSSR count). The number of amides is 1. The van der Waals surface area contributed by atoms with Crippen molar-refractivity contribution in [3.63, 3.8) is 0 Å². The average Bonchev–Trinajstić information content (AvgIpc) is 3.54. The number of pyridine rings is 3. The summed E-state index contributed by atoms with van der Waals surface area (Å²) in [5.41, 5.74) is 5.26. The largest absolute Gasteiger partial charge is 0.355 e. The van der Waals surface area contributed by atoms with Crippen LogP contribution in [-0.2, 0) is 11.8 Å². The predicted molar refractivity (Wildman–Crippen MR) is 142 cm³/mol. The van der Waals surface area contributed by atoms with Crippen molar-refractivity contribution in [2.75, 3.05) is 23.3 Å². The molecule has 1 amide bonds. The van der Waals surface area contributed by atoms with Gasteiger partial charge in [0.05, 0.1) is 29.4 Å². The Hall–Kier alpha value is -5.48. The number of hydrogen-bond donors (Lipinski definition) is 1. The molecule has 5 aromatic heterocycles. The number of aromatic nitrogens is 6. The van der Waals surface area contributed by atoms with E-state index in [-0.39, 0.29) is 11.8 Å². The lowest BCUT2D eigenvalue weighted by molar-refractivity contribution is -0.120. The van der Waals surface area contributed by atoms with Crippen LogP contribution >= 0.6 is 0 Å². The van der Waals surface area contributed by atoms with Crippen molar-refractivity contribution >= 4 is 23.1 Å². The van der Waals surface area contributed by atoms with Gasteiger partial charge in [0.25, 0.3) is 0 Å². The quantitative estimate of drug-likeness (QED) is 0.369. The van der Waals surface area contributed by atoms with E-state index >= 15 is 0 Å². The number of carbonyl (C=O) groups excluding carboxylic acids is 1. The highest BCUT2D eigenvalue weighted by molar-refractivity contribution is 5.93.